The predicted molar refractivity (Wildman–Crippen MR) is 100 cm³/mol. The number of esters is 1. The van der Waals surface area contributed by atoms with Gasteiger partial charge in [-0.25, -0.2) is 4.79 Å². The number of nitro benzene ring substituents is 1. The van der Waals surface area contributed by atoms with Crippen molar-refractivity contribution >= 4 is 28.9 Å². The van der Waals surface area contributed by atoms with Gasteiger partial charge in [-0.05, 0) is 23.6 Å². The molecule has 140 valence electrons. The van der Waals surface area contributed by atoms with E-state index >= 15 is 0 Å². The predicted octanol–water partition coefficient (Wildman–Crippen LogP) is 3.08. The summed E-state index contributed by atoms with van der Waals surface area (Å²) in [4.78, 5) is 36.2. The lowest BCUT2D eigenvalue weighted by atomic mass is 10.0. The molecule has 0 unspecified atom stereocenters. The first-order chi connectivity index (χ1) is 12.8. The number of carbonyl (C=O) groups excluding carboxylic acids is 2. The van der Waals surface area contributed by atoms with Crippen LogP contribution in [0.15, 0.2) is 42.5 Å². The minimum atomic E-state index is -0.571. The van der Waals surface area contributed by atoms with E-state index in [9.17, 15) is 19.7 Å². The molecule has 1 aliphatic rings. The first-order valence-corrected chi connectivity index (χ1v) is 8.48. The fourth-order valence-electron chi connectivity index (χ4n) is 2.97. The van der Waals surface area contributed by atoms with Gasteiger partial charge in [0, 0.05) is 11.8 Å². The number of hydrogen-bond acceptors (Lipinski definition) is 6. The molecule has 3 rings (SSSR count). The maximum Gasteiger partial charge on any atom is 0.331 e. The molecule has 0 fully saturated rings. The van der Waals surface area contributed by atoms with E-state index in [1.165, 1.54) is 23.1 Å². The largest absolute Gasteiger partial charge is 0.423 e. The van der Waals surface area contributed by atoms with Crippen molar-refractivity contribution in [3.8, 4) is 5.75 Å². The molecule has 1 amide bonds. The Morgan fingerprint density at radius 2 is 2.04 bits per heavy atom. The molecule has 2 aromatic carbocycles. The van der Waals surface area contributed by atoms with E-state index in [0.717, 1.165) is 11.3 Å². The number of ether oxygens (including phenoxy) is 1. The molecule has 0 bridgehead atoms. The van der Waals surface area contributed by atoms with Crippen molar-refractivity contribution in [2.45, 2.75) is 19.8 Å². The van der Waals surface area contributed by atoms with Crippen LogP contribution in [0.3, 0.4) is 0 Å². The van der Waals surface area contributed by atoms with Crippen LogP contribution in [0.1, 0.15) is 25.3 Å². The molecule has 1 aliphatic heterocycles. The molecule has 0 atom stereocenters. The Morgan fingerprint density at radius 1 is 1.30 bits per heavy atom. The van der Waals surface area contributed by atoms with E-state index in [1.807, 2.05) is 38.1 Å². The minimum Gasteiger partial charge on any atom is -0.423 e. The normalized spacial score (nSPS) is 13.1. The molecule has 1 N–H and O–H groups in total. The molecular weight excluding hydrogens is 350 g/mol. The van der Waals surface area contributed by atoms with E-state index in [2.05, 4.69) is 5.32 Å². The van der Waals surface area contributed by atoms with Gasteiger partial charge in [0.05, 0.1) is 23.2 Å². The van der Waals surface area contributed by atoms with Crippen LogP contribution < -0.4 is 15.0 Å². The van der Waals surface area contributed by atoms with Gasteiger partial charge >= 0.3 is 5.97 Å². The number of hydrogen-bond donors (Lipinski definition) is 1. The van der Waals surface area contributed by atoms with Gasteiger partial charge in [0.15, 0.2) is 5.75 Å². The van der Waals surface area contributed by atoms with Crippen molar-refractivity contribution in [3.05, 3.63) is 58.1 Å². The van der Waals surface area contributed by atoms with E-state index in [0.29, 0.717) is 5.69 Å². The number of nitro groups is 1. The molecule has 2 aromatic rings. The van der Waals surface area contributed by atoms with E-state index in [4.69, 9.17) is 4.74 Å². The van der Waals surface area contributed by atoms with Crippen molar-refractivity contribution in [1.29, 1.82) is 0 Å². The highest BCUT2D eigenvalue weighted by molar-refractivity contribution is 5.97. The van der Waals surface area contributed by atoms with Crippen LogP contribution >= 0.6 is 0 Å². The van der Waals surface area contributed by atoms with Gasteiger partial charge in [-0.1, -0.05) is 32.0 Å². The smallest absolute Gasteiger partial charge is 0.331 e. The van der Waals surface area contributed by atoms with Crippen LogP contribution in [0.2, 0.25) is 0 Å². The molecule has 8 heteroatoms. The number of para-hydroxylation sites is 1. The number of rotatable bonds is 5. The summed E-state index contributed by atoms with van der Waals surface area (Å²) in [7, 11) is 0. The average molecular weight is 369 g/mol. The second kappa shape index (κ2) is 7.45. The number of anilines is 2. The number of benzene rings is 2. The summed E-state index contributed by atoms with van der Waals surface area (Å²) >= 11 is 0. The zero-order chi connectivity index (χ0) is 19.6. The topological polar surface area (TPSA) is 102 Å². The van der Waals surface area contributed by atoms with Crippen molar-refractivity contribution in [1.82, 2.24) is 0 Å². The standard InChI is InChI=1S/C19H19N3O5/c1-12(2)14-5-3-4-6-15(14)20-18(23)10-21-11-19(24)27-17-9-13(22(25)26)7-8-16(17)21/h3-9,12H,10-11H2,1-2H3,(H,20,23). The Kier molecular flexibility index (Phi) is 5.07. The molecule has 0 aromatic heterocycles. The third kappa shape index (κ3) is 4.05. The van der Waals surface area contributed by atoms with Gasteiger partial charge in [0.1, 0.15) is 6.54 Å². The number of carbonyl (C=O) groups is 2. The monoisotopic (exact) mass is 369 g/mol. The molecule has 0 spiro atoms. The Bertz CT molecular complexity index is 910. The van der Waals surface area contributed by atoms with Gasteiger partial charge in [-0.15, -0.1) is 0 Å². The number of fused-ring (bicyclic) bond motifs is 1. The summed E-state index contributed by atoms with van der Waals surface area (Å²) in [6.45, 7) is 3.89. The fraction of sp³-hybridized carbons (Fsp3) is 0.263. The summed E-state index contributed by atoms with van der Waals surface area (Å²) in [5.74, 6) is -0.538. The summed E-state index contributed by atoms with van der Waals surface area (Å²) in [5.41, 5.74) is 2.02. The summed E-state index contributed by atoms with van der Waals surface area (Å²) in [5, 5.41) is 13.8. The third-order valence-corrected chi connectivity index (χ3v) is 4.23. The van der Waals surface area contributed by atoms with Gasteiger partial charge in [-0.3, -0.25) is 14.9 Å². The number of non-ortho nitro benzene ring substituents is 1. The Morgan fingerprint density at radius 3 is 2.74 bits per heavy atom. The first-order valence-electron chi connectivity index (χ1n) is 8.48. The van der Waals surface area contributed by atoms with E-state index in [1.54, 1.807) is 0 Å². The number of nitrogens with zero attached hydrogens (tertiary/aromatic N) is 2. The van der Waals surface area contributed by atoms with Gasteiger partial charge in [0.2, 0.25) is 5.91 Å². The Hall–Kier alpha value is -3.42. The van der Waals surface area contributed by atoms with Crippen molar-refractivity contribution in [2.75, 3.05) is 23.3 Å². The zero-order valence-electron chi connectivity index (χ0n) is 15.0. The zero-order valence-corrected chi connectivity index (χ0v) is 15.0. The van der Waals surface area contributed by atoms with Crippen molar-refractivity contribution in [2.24, 2.45) is 0 Å². The quantitative estimate of drug-likeness (QED) is 0.376. The van der Waals surface area contributed by atoms with Crippen LogP contribution in [0.4, 0.5) is 17.1 Å². The molecule has 1 heterocycles. The van der Waals surface area contributed by atoms with E-state index < -0.39 is 10.9 Å². The van der Waals surface area contributed by atoms with Crippen molar-refractivity contribution < 1.29 is 19.2 Å². The second-order valence-electron chi connectivity index (χ2n) is 6.53. The lowest BCUT2D eigenvalue weighted by Crippen LogP contribution is -2.41. The Balaban J connectivity index is 1.79. The first kappa shape index (κ1) is 18.4. The second-order valence-corrected chi connectivity index (χ2v) is 6.53. The van der Waals surface area contributed by atoms with Crippen LogP contribution in [-0.4, -0.2) is 29.9 Å². The highest BCUT2D eigenvalue weighted by atomic mass is 16.6. The van der Waals surface area contributed by atoms with Crippen LogP contribution in [-0.2, 0) is 9.59 Å². The van der Waals surface area contributed by atoms with Gasteiger partial charge in [-0.2, -0.15) is 0 Å². The maximum atomic E-state index is 12.5. The summed E-state index contributed by atoms with van der Waals surface area (Å²) in [6, 6.07) is 11.5. The molecule has 8 nitrogen and oxygen atoms in total. The van der Waals surface area contributed by atoms with Gasteiger partial charge in [0.25, 0.3) is 5.69 Å². The average Bonchev–Trinajstić information content (AvgIpc) is 2.61. The van der Waals surface area contributed by atoms with E-state index in [-0.39, 0.29) is 36.4 Å². The highest BCUT2D eigenvalue weighted by Gasteiger charge is 2.27. The molecule has 0 radical (unpaired) electrons. The number of amides is 1. The summed E-state index contributed by atoms with van der Waals surface area (Å²) < 4.78 is 5.09. The maximum absolute atomic E-state index is 12.5. The minimum absolute atomic E-state index is 0.0770. The molecule has 0 aliphatic carbocycles. The SMILES string of the molecule is CC(C)c1ccccc1NC(=O)CN1CC(=O)Oc2cc([N+](=O)[O-])ccc21. The molecule has 0 saturated carbocycles. The van der Waals surface area contributed by atoms with Crippen LogP contribution in [0.5, 0.6) is 5.75 Å². The van der Waals surface area contributed by atoms with Crippen LogP contribution in [0.25, 0.3) is 0 Å². The fourth-order valence-corrected chi connectivity index (χ4v) is 2.97. The summed E-state index contributed by atoms with van der Waals surface area (Å²) in [6.07, 6.45) is 0. The molecular formula is C19H19N3O5. The lowest BCUT2D eigenvalue weighted by molar-refractivity contribution is -0.384. The molecule has 27 heavy (non-hydrogen) atoms. The number of nitrogens with one attached hydrogen (secondary N) is 1. The lowest BCUT2D eigenvalue weighted by Gasteiger charge is -2.29. The van der Waals surface area contributed by atoms with Crippen molar-refractivity contribution in [3.63, 3.8) is 0 Å². The third-order valence-electron chi connectivity index (χ3n) is 4.23. The van der Waals surface area contributed by atoms with Gasteiger partial charge < -0.3 is 15.0 Å². The Labute approximate surface area is 155 Å². The molecule has 0 saturated heterocycles. The highest BCUT2D eigenvalue weighted by Crippen LogP contribution is 2.35. The van der Waals surface area contributed by atoms with Crippen LogP contribution in [0, 0.1) is 10.1 Å².